The molecule has 1 saturated heterocycles. The lowest BCUT2D eigenvalue weighted by atomic mass is 10.2. The summed E-state index contributed by atoms with van der Waals surface area (Å²) in [5.41, 5.74) is 1.97. The zero-order valence-corrected chi connectivity index (χ0v) is 21.1. The molecule has 1 aromatic carbocycles. The van der Waals surface area contributed by atoms with Gasteiger partial charge < -0.3 is 29.9 Å². The lowest BCUT2D eigenvalue weighted by molar-refractivity contribution is 0.311. The summed E-state index contributed by atoms with van der Waals surface area (Å²) in [6, 6.07) is 9.92. The number of halogens is 1. The molecule has 1 aliphatic heterocycles. The molecule has 9 heteroatoms. The van der Waals surface area contributed by atoms with E-state index >= 15 is 0 Å². The number of hydrogen-bond acceptors (Lipinski definition) is 6. The lowest BCUT2D eigenvalue weighted by Crippen LogP contribution is -2.44. The predicted octanol–water partition coefficient (Wildman–Crippen LogP) is 3.05. The van der Waals surface area contributed by atoms with Gasteiger partial charge in [0.15, 0.2) is 17.5 Å². The van der Waals surface area contributed by atoms with E-state index in [1.54, 1.807) is 14.2 Å². The Morgan fingerprint density at radius 2 is 1.90 bits per heavy atom. The molecule has 3 rings (SSSR count). The van der Waals surface area contributed by atoms with Crippen LogP contribution < -0.4 is 25.0 Å². The van der Waals surface area contributed by atoms with Gasteiger partial charge in [-0.25, -0.2) is 4.98 Å². The molecule has 2 N–H and O–H groups in total. The van der Waals surface area contributed by atoms with Crippen LogP contribution in [0.1, 0.15) is 12.5 Å². The Morgan fingerprint density at radius 3 is 2.52 bits per heavy atom. The molecule has 31 heavy (non-hydrogen) atoms. The molecule has 0 radical (unpaired) electrons. The van der Waals surface area contributed by atoms with Crippen molar-refractivity contribution in [3.8, 4) is 11.5 Å². The van der Waals surface area contributed by atoms with Gasteiger partial charge in [-0.1, -0.05) is 6.07 Å². The average molecular weight is 540 g/mol. The summed E-state index contributed by atoms with van der Waals surface area (Å²) in [5.74, 6) is 3.11. The zero-order chi connectivity index (χ0) is 21.3. The number of rotatable bonds is 7. The first-order valence-electron chi connectivity index (χ1n) is 10.3. The molecule has 0 bridgehead atoms. The third-order valence-corrected chi connectivity index (χ3v) is 5.05. The van der Waals surface area contributed by atoms with Gasteiger partial charge >= 0.3 is 0 Å². The first-order valence-corrected chi connectivity index (χ1v) is 10.3. The monoisotopic (exact) mass is 540 g/mol. The van der Waals surface area contributed by atoms with Gasteiger partial charge in [-0.15, -0.1) is 24.0 Å². The van der Waals surface area contributed by atoms with E-state index in [-0.39, 0.29) is 24.0 Å². The van der Waals surface area contributed by atoms with Crippen LogP contribution in [0, 0.1) is 0 Å². The number of nitrogens with one attached hydrogen (secondary N) is 2. The van der Waals surface area contributed by atoms with Crippen LogP contribution >= 0.6 is 24.0 Å². The van der Waals surface area contributed by atoms with Gasteiger partial charge in [0.1, 0.15) is 5.82 Å². The van der Waals surface area contributed by atoms with Crippen LogP contribution in [0.15, 0.2) is 41.5 Å². The van der Waals surface area contributed by atoms with Gasteiger partial charge in [0.25, 0.3) is 0 Å². The molecule has 0 aliphatic carbocycles. The fourth-order valence-electron chi connectivity index (χ4n) is 3.27. The second kappa shape index (κ2) is 12.6. The van der Waals surface area contributed by atoms with E-state index in [1.165, 1.54) is 0 Å². The summed E-state index contributed by atoms with van der Waals surface area (Å²) >= 11 is 0. The van der Waals surface area contributed by atoms with Crippen molar-refractivity contribution in [2.24, 2.45) is 4.99 Å². The standard InChI is InChI=1S/C22H32N6O2.HI/c1-5-30-20-14-18(7-8-19(20)29-4)26-22(23-2)25-16-17-6-9-21(24-15-17)28-12-10-27(3)11-13-28;/h6-9,14-15H,5,10-13,16H2,1-4H3,(H2,23,25,26);1H. The van der Waals surface area contributed by atoms with E-state index < -0.39 is 0 Å². The van der Waals surface area contributed by atoms with E-state index in [1.807, 2.05) is 31.3 Å². The molecule has 0 amide bonds. The number of pyridine rings is 1. The minimum atomic E-state index is 0. The maximum atomic E-state index is 5.64. The average Bonchev–Trinajstić information content (AvgIpc) is 2.78. The molecule has 2 aromatic rings. The van der Waals surface area contributed by atoms with E-state index in [2.05, 4.69) is 49.6 Å². The third kappa shape index (κ3) is 7.13. The summed E-state index contributed by atoms with van der Waals surface area (Å²) in [5, 5.41) is 6.61. The number of nitrogens with zero attached hydrogens (tertiary/aromatic N) is 4. The predicted molar refractivity (Wildman–Crippen MR) is 137 cm³/mol. The van der Waals surface area contributed by atoms with Crippen LogP contribution in [-0.4, -0.2) is 69.8 Å². The Balaban J connectivity index is 0.00000341. The number of guanidine groups is 1. The molecule has 170 valence electrons. The maximum Gasteiger partial charge on any atom is 0.195 e. The van der Waals surface area contributed by atoms with Crippen LogP contribution in [0.5, 0.6) is 11.5 Å². The van der Waals surface area contributed by atoms with Crippen molar-refractivity contribution in [3.05, 3.63) is 42.1 Å². The number of ether oxygens (including phenoxy) is 2. The van der Waals surface area contributed by atoms with E-state index in [9.17, 15) is 0 Å². The van der Waals surface area contributed by atoms with Gasteiger partial charge in [-0.3, -0.25) is 4.99 Å². The largest absolute Gasteiger partial charge is 0.493 e. The maximum absolute atomic E-state index is 5.64. The number of aromatic nitrogens is 1. The number of hydrogen-bond donors (Lipinski definition) is 2. The van der Waals surface area contributed by atoms with Crippen molar-refractivity contribution in [1.82, 2.24) is 15.2 Å². The van der Waals surface area contributed by atoms with Crippen LogP contribution in [0.3, 0.4) is 0 Å². The Morgan fingerprint density at radius 1 is 1.13 bits per heavy atom. The summed E-state index contributed by atoms with van der Waals surface area (Å²) < 4.78 is 11.0. The van der Waals surface area contributed by atoms with Crippen LogP contribution in [0.4, 0.5) is 11.5 Å². The van der Waals surface area contributed by atoms with Crippen LogP contribution in [-0.2, 0) is 6.54 Å². The second-order valence-electron chi connectivity index (χ2n) is 7.16. The molecule has 0 spiro atoms. The Kier molecular flexibility index (Phi) is 10.1. The van der Waals surface area contributed by atoms with Crippen molar-refractivity contribution < 1.29 is 9.47 Å². The van der Waals surface area contributed by atoms with Crippen molar-refractivity contribution >= 4 is 41.4 Å². The third-order valence-electron chi connectivity index (χ3n) is 5.05. The highest BCUT2D eigenvalue weighted by Crippen LogP contribution is 2.30. The first kappa shape index (κ1) is 25.0. The topological polar surface area (TPSA) is 74.3 Å². The van der Waals surface area contributed by atoms with Gasteiger partial charge in [-0.05, 0) is 37.7 Å². The van der Waals surface area contributed by atoms with Crippen LogP contribution in [0.25, 0.3) is 0 Å². The first-order chi connectivity index (χ1) is 14.6. The number of anilines is 2. The molecule has 0 atom stereocenters. The van der Waals surface area contributed by atoms with Gasteiger partial charge in [0.05, 0.1) is 13.7 Å². The number of aliphatic imine (C=N–C) groups is 1. The number of benzene rings is 1. The minimum absolute atomic E-state index is 0. The highest BCUT2D eigenvalue weighted by molar-refractivity contribution is 14.0. The molecular formula is C22H33IN6O2. The Labute approximate surface area is 202 Å². The summed E-state index contributed by atoms with van der Waals surface area (Å²) in [4.78, 5) is 13.6. The quantitative estimate of drug-likeness (QED) is 0.318. The highest BCUT2D eigenvalue weighted by atomic mass is 127. The highest BCUT2D eigenvalue weighted by Gasteiger charge is 2.15. The zero-order valence-electron chi connectivity index (χ0n) is 18.7. The molecule has 1 fully saturated rings. The summed E-state index contributed by atoms with van der Waals surface area (Å²) in [7, 11) is 5.54. The van der Waals surface area contributed by atoms with E-state index in [0.717, 1.165) is 43.2 Å². The van der Waals surface area contributed by atoms with Gasteiger partial charge in [0, 0.05) is 57.7 Å². The van der Waals surface area contributed by atoms with E-state index in [0.29, 0.717) is 30.6 Å². The van der Waals surface area contributed by atoms with Crippen molar-refractivity contribution in [2.75, 3.05) is 64.2 Å². The molecule has 1 aromatic heterocycles. The van der Waals surface area contributed by atoms with Gasteiger partial charge in [-0.2, -0.15) is 0 Å². The molecule has 2 heterocycles. The van der Waals surface area contributed by atoms with Crippen molar-refractivity contribution in [1.29, 1.82) is 0 Å². The fourth-order valence-corrected chi connectivity index (χ4v) is 3.27. The van der Waals surface area contributed by atoms with Gasteiger partial charge in [0.2, 0.25) is 0 Å². The lowest BCUT2D eigenvalue weighted by Gasteiger charge is -2.33. The molecule has 0 saturated carbocycles. The Bertz CT molecular complexity index is 838. The summed E-state index contributed by atoms with van der Waals surface area (Å²) in [6.07, 6.45) is 1.93. The smallest absolute Gasteiger partial charge is 0.195 e. The minimum Gasteiger partial charge on any atom is -0.493 e. The van der Waals surface area contributed by atoms with Crippen molar-refractivity contribution in [2.45, 2.75) is 13.5 Å². The molecule has 1 aliphatic rings. The van der Waals surface area contributed by atoms with E-state index in [4.69, 9.17) is 9.47 Å². The molecular weight excluding hydrogens is 507 g/mol. The Hall–Kier alpha value is -2.27. The normalized spacial score (nSPS) is 14.6. The molecule has 0 unspecified atom stereocenters. The van der Waals surface area contributed by atoms with Crippen LogP contribution in [0.2, 0.25) is 0 Å². The molecule has 8 nitrogen and oxygen atoms in total. The number of piperazine rings is 1. The van der Waals surface area contributed by atoms with Crippen molar-refractivity contribution in [3.63, 3.8) is 0 Å². The SMILES string of the molecule is CCOc1cc(NC(=NC)NCc2ccc(N3CCN(C)CC3)nc2)ccc1OC.I. The second-order valence-corrected chi connectivity index (χ2v) is 7.16. The number of methoxy groups -OCH3 is 1. The number of likely N-dealkylation sites (N-methyl/N-ethyl adjacent to an activating group) is 1. The summed E-state index contributed by atoms with van der Waals surface area (Å²) in [6.45, 7) is 7.33. The fraction of sp³-hybridized carbons (Fsp3) is 0.455.